The van der Waals surface area contributed by atoms with Crippen molar-refractivity contribution < 1.29 is 14.3 Å². The first kappa shape index (κ1) is 17.9. The van der Waals surface area contributed by atoms with Gasteiger partial charge < -0.3 is 9.47 Å². The van der Waals surface area contributed by atoms with Gasteiger partial charge in [-0.2, -0.15) is 0 Å². The van der Waals surface area contributed by atoms with Gasteiger partial charge in [-0.05, 0) is 55.8 Å². The van der Waals surface area contributed by atoms with E-state index in [0.717, 1.165) is 22.1 Å². The number of aromatic nitrogens is 2. The summed E-state index contributed by atoms with van der Waals surface area (Å²) in [7, 11) is 3.12. The average molecular weight is 368 g/mol. The second kappa shape index (κ2) is 7.58. The number of nitrogens with zero attached hydrogens (tertiary/aromatic N) is 2. The molecule has 6 heteroatoms. The third-order valence-electron chi connectivity index (χ3n) is 4.16. The number of allylic oxidation sites excluding steroid dienone is 1. The maximum atomic E-state index is 12.5. The van der Waals surface area contributed by atoms with Crippen molar-refractivity contribution in [2.75, 3.05) is 14.2 Å². The van der Waals surface area contributed by atoms with E-state index in [4.69, 9.17) is 9.47 Å². The number of carbonyl (C=O) groups excluding carboxylic acids is 1. The Bertz CT molecular complexity index is 956. The highest BCUT2D eigenvalue weighted by Crippen LogP contribution is 2.28. The Labute approximate surface area is 156 Å². The molecule has 26 heavy (non-hydrogen) atoms. The van der Waals surface area contributed by atoms with Crippen LogP contribution in [0.4, 0.5) is 0 Å². The molecule has 0 N–H and O–H groups in total. The van der Waals surface area contributed by atoms with Crippen LogP contribution in [0.3, 0.4) is 0 Å². The largest absolute Gasteiger partial charge is 0.493 e. The maximum Gasteiger partial charge on any atom is 0.193 e. The van der Waals surface area contributed by atoms with Gasteiger partial charge in [-0.3, -0.25) is 9.36 Å². The summed E-state index contributed by atoms with van der Waals surface area (Å²) >= 11 is 1.58. The zero-order valence-electron chi connectivity index (χ0n) is 15.1. The predicted octanol–water partition coefficient (Wildman–Crippen LogP) is 4.46. The van der Waals surface area contributed by atoms with E-state index in [9.17, 15) is 4.79 Å². The van der Waals surface area contributed by atoms with Gasteiger partial charge in [-0.25, -0.2) is 4.98 Å². The predicted molar refractivity (Wildman–Crippen MR) is 104 cm³/mol. The fraction of sp³-hybridized carbons (Fsp3) is 0.200. The van der Waals surface area contributed by atoms with Gasteiger partial charge in [0.1, 0.15) is 0 Å². The Hall–Kier alpha value is -2.86. The van der Waals surface area contributed by atoms with Crippen LogP contribution in [0.2, 0.25) is 0 Å². The molecule has 2 heterocycles. The summed E-state index contributed by atoms with van der Waals surface area (Å²) in [5, 5.41) is 2.87. The van der Waals surface area contributed by atoms with E-state index >= 15 is 0 Å². The molecule has 3 rings (SSSR count). The Balaban J connectivity index is 1.87. The standard InChI is InChI=1S/C20H20N2O3S/c1-13-11-15(14(2)22(13)20-21-9-10-26-20)5-7-17(23)16-6-8-18(24-3)19(12-16)25-4/h5-12H,1-4H3/b7-5+. The van der Waals surface area contributed by atoms with Crippen molar-refractivity contribution in [3.05, 3.63) is 64.4 Å². The SMILES string of the molecule is COc1ccc(C(=O)/C=C/c2cc(C)n(-c3nccs3)c2C)cc1OC. The Morgan fingerprint density at radius 3 is 2.58 bits per heavy atom. The van der Waals surface area contributed by atoms with Crippen molar-refractivity contribution in [3.8, 4) is 16.6 Å². The van der Waals surface area contributed by atoms with Gasteiger partial charge in [0.25, 0.3) is 0 Å². The summed E-state index contributed by atoms with van der Waals surface area (Å²) in [6, 6.07) is 7.20. The van der Waals surface area contributed by atoms with Gasteiger partial charge in [0, 0.05) is 28.5 Å². The van der Waals surface area contributed by atoms with Crippen molar-refractivity contribution >= 4 is 23.2 Å². The van der Waals surface area contributed by atoms with Crippen molar-refractivity contribution in [2.45, 2.75) is 13.8 Å². The number of ether oxygens (including phenoxy) is 2. The zero-order chi connectivity index (χ0) is 18.7. The van der Waals surface area contributed by atoms with E-state index in [2.05, 4.69) is 15.6 Å². The maximum absolute atomic E-state index is 12.5. The van der Waals surface area contributed by atoms with Crippen LogP contribution in [-0.4, -0.2) is 29.6 Å². The number of benzene rings is 1. The zero-order valence-corrected chi connectivity index (χ0v) is 16.0. The van der Waals surface area contributed by atoms with Gasteiger partial charge in [0.05, 0.1) is 14.2 Å². The number of thiazole rings is 1. The van der Waals surface area contributed by atoms with Crippen LogP contribution in [0.5, 0.6) is 11.5 Å². The lowest BCUT2D eigenvalue weighted by Gasteiger charge is -2.08. The van der Waals surface area contributed by atoms with Gasteiger partial charge in [-0.15, -0.1) is 11.3 Å². The van der Waals surface area contributed by atoms with E-state index < -0.39 is 0 Å². The fourth-order valence-electron chi connectivity index (χ4n) is 2.83. The molecule has 1 aromatic carbocycles. The van der Waals surface area contributed by atoms with Gasteiger partial charge >= 0.3 is 0 Å². The van der Waals surface area contributed by atoms with Crippen LogP contribution >= 0.6 is 11.3 Å². The number of aryl methyl sites for hydroxylation is 1. The molecule has 0 unspecified atom stereocenters. The number of methoxy groups -OCH3 is 2. The minimum Gasteiger partial charge on any atom is -0.493 e. The number of hydrogen-bond acceptors (Lipinski definition) is 5. The molecule has 0 spiro atoms. The summed E-state index contributed by atoms with van der Waals surface area (Å²) in [4.78, 5) is 16.9. The van der Waals surface area contributed by atoms with E-state index in [1.54, 1.807) is 56.0 Å². The van der Waals surface area contributed by atoms with Crippen molar-refractivity contribution in [1.29, 1.82) is 0 Å². The molecule has 0 fully saturated rings. The molecule has 0 amide bonds. The first-order chi connectivity index (χ1) is 12.5. The summed E-state index contributed by atoms with van der Waals surface area (Å²) in [5.74, 6) is 1.04. The Kier molecular flexibility index (Phi) is 5.23. The molecular formula is C20H20N2O3S. The molecule has 0 atom stereocenters. The highest BCUT2D eigenvalue weighted by molar-refractivity contribution is 7.12. The normalized spacial score (nSPS) is 11.1. The van der Waals surface area contributed by atoms with Crippen LogP contribution in [0.25, 0.3) is 11.2 Å². The van der Waals surface area contributed by atoms with Gasteiger partial charge in [-0.1, -0.05) is 0 Å². The molecule has 5 nitrogen and oxygen atoms in total. The van der Waals surface area contributed by atoms with Crippen LogP contribution in [0.1, 0.15) is 27.3 Å². The van der Waals surface area contributed by atoms with Crippen molar-refractivity contribution in [3.63, 3.8) is 0 Å². The molecule has 2 aromatic heterocycles. The highest BCUT2D eigenvalue weighted by Gasteiger charge is 2.12. The monoisotopic (exact) mass is 368 g/mol. The number of rotatable bonds is 6. The molecule has 0 aliphatic carbocycles. The molecule has 134 valence electrons. The van der Waals surface area contributed by atoms with Gasteiger partial charge in [0.2, 0.25) is 0 Å². The number of hydrogen-bond donors (Lipinski definition) is 0. The van der Waals surface area contributed by atoms with E-state index in [0.29, 0.717) is 17.1 Å². The molecule has 0 bridgehead atoms. The molecule has 0 saturated carbocycles. The Morgan fingerprint density at radius 1 is 1.15 bits per heavy atom. The number of ketones is 1. The van der Waals surface area contributed by atoms with E-state index in [1.807, 2.05) is 25.3 Å². The number of carbonyl (C=O) groups is 1. The molecule has 3 aromatic rings. The van der Waals surface area contributed by atoms with Crippen molar-refractivity contribution in [1.82, 2.24) is 9.55 Å². The Morgan fingerprint density at radius 2 is 1.92 bits per heavy atom. The van der Waals surface area contributed by atoms with Crippen LogP contribution in [0.15, 0.2) is 41.9 Å². The highest BCUT2D eigenvalue weighted by atomic mass is 32.1. The summed E-state index contributed by atoms with van der Waals surface area (Å²) in [6.45, 7) is 4.05. The first-order valence-electron chi connectivity index (χ1n) is 8.08. The minimum atomic E-state index is -0.0926. The van der Waals surface area contributed by atoms with Crippen LogP contribution in [0, 0.1) is 13.8 Å². The second-order valence-corrected chi connectivity index (χ2v) is 6.62. The first-order valence-corrected chi connectivity index (χ1v) is 8.96. The van der Waals surface area contributed by atoms with Crippen molar-refractivity contribution in [2.24, 2.45) is 0 Å². The quantitative estimate of drug-likeness (QED) is 0.476. The lowest BCUT2D eigenvalue weighted by molar-refractivity contribution is 0.104. The second-order valence-electron chi connectivity index (χ2n) is 5.74. The molecule has 0 radical (unpaired) electrons. The molecular weight excluding hydrogens is 348 g/mol. The van der Waals surface area contributed by atoms with E-state index in [-0.39, 0.29) is 5.78 Å². The third-order valence-corrected chi connectivity index (χ3v) is 4.92. The molecule has 0 aliphatic heterocycles. The summed E-state index contributed by atoms with van der Waals surface area (Å²) in [5.41, 5.74) is 3.67. The minimum absolute atomic E-state index is 0.0926. The summed E-state index contributed by atoms with van der Waals surface area (Å²) < 4.78 is 12.6. The molecule has 0 aliphatic rings. The van der Waals surface area contributed by atoms with Gasteiger partial charge in [0.15, 0.2) is 22.4 Å². The fourth-order valence-corrected chi connectivity index (χ4v) is 3.58. The van der Waals surface area contributed by atoms with Crippen LogP contribution < -0.4 is 9.47 Å². The topological polar surface area (TPSA) is 53.4 Å². The van der Waals surface area contributed by atoms with Crippen LogP contribution in [-0.2, 0) is 0 Å². The average Bonchev–Trinajstić information content (AvgIpc) is 3.26. The lowest BCUT2D eigenvalue weighted by atomic mass is 10.1. The molecule has 0 saturated heterocycles. The van der Waals surface area contributed by atoms with E-state index in [1.165, 1.54) is 0 Å². The summed E-state index contributed by atoms with van der Waals surface area (Å²) in [6.07, 6.45) is 5.20. The third kappa shape index (κ3) is 3.41. The lowest BCUT2D eigenvalue weighted by Crippen LogP contribution is -1.98. The smallest absolute Gasteiger partial charge is 0.193 e.